The smallest absolute Gasteiger partial charge is 0.222 e. The first-order chi connectivity index (χ1) is 9.13. The third-order valence-corrected chi connectivity index (χ3v) is 3.06. The highest BCUT2D eigenvalue weighted by Gasteiger charge is 2.08. The molecule has 4 heteroatoms. The number of rotatable bonds is 8. The van der Waals surface area contributed by atoms with Crippen LogP contribution in [0, 0.1) is 0 Å². The first-order valence-corrected chi connectivity index (χ1v) is 6.80. The second-order valence-corrected chi connectivity index (χ2v) is 4.94. The summed E-state index contributed by atoms with van der Waals surface area (Å²) >= 11 is 0. The van der Waals surface area contributed by atoms with Crippen LogP contribution >= 0.6 is 0 Å². The number of nitrogens with two attached hydrogens (primary N) is 1. The Morgan fingerprint density at radius 1 is 1.16 bits per heavy atom. The van der Waals surface area contributed by atoms with Gasteiger partial charge in [0.25, 0.3) is 0 Å². The highest BCUT2D eigenvalue weighted by molar-refractivity contribution is 5.75. The fraction of sp³-hybridized carbons (Fsp3) is 0.533. The summed E-state index contributed by atoms with van der Waals surface area (Å²) in [6, 6.07) is 10.4. The molecule has 1 aromatic rings. The number of nitrogens with zero attached hydrogens (tertiary/aromatic N) is 2. The van der Waals surface area contributed by atoms with Crippen molar-refractivity contribution in [2.75, 3.05) is 33.7 Å². The van der Waals surface area contributed by atoms with Crippen LogP contribution in [0.25, 0.3) is 0 Å². The van der Waals surface area contributed by atoms with Gasteiger partial charge in [0, 0.05) is 40.2 Å². The molecular weight excluding hydrogens is 238 g/mol. The van der Waals surface area contributed by atoms with E-state index in [2.05, 4.69) is 17.0 Å². The van der Waals surface area contributed by atoms with E-state index in [1.54, 1.807) is 19.0 Å². The third kappa shape index (κ3) is 6.36. The van der Waals surface area contributed by atoms with Crippen LogP contribution in [0.4, 0.5) is 0 Å². The maximum Gasteiger partial charge on any atom is 0.222 e. The van der Waals surface area contributed by atoms with Crippen LogP contribution in [0.5, 0.6) is 0 Å². The number of benzene rings is 1. The zero-order chi connectivity index (χ0) is 14.1. The van der Waals surface area contributed by atoms with Crippen molar-refractivity contribution in [3.63, 3.8) is 0 Å². The average molecular weight is 263 g/mol. The summed E-state index contributed by atoms with van der Waals surface area (Å²) < 4.78 is 0. The molecule has 0 aromatic heterocycles. The first kappa shape index (κ1) is 15.7. The zero-order valence-electron chi connectivity index (χ0n) is 12.0. The molecular formula is C15H25N3O. The molecule has 2 N–H and O–H groups in total. The van der Waals surface area contributed by atoms with Crippen LogP contribution in [0.2, 0.25) is 0 Å². The van der Waals surface area contributed by atoms with Gasteiger partial charge in [0.2, 0.25) is 5.91 Å². The lowest BCUT2D eigenvalue weighted by Crippen LogP contribution is -2.31. The molecule has 0 heterocycles. The summed E-state index contributed by atoms with van der Waals surface area (Å²) in [5.74, 6) is 0.187. The Bertz CT molecular complexity index is 365. The van der Waals surface area contributed by atoms with Gasteiger partial charge in [-0.1, -0.05) is 30.3 Å². The van der Waals surface area contributed by atoms with Gasteiger partial charge in [-0.3, -0.25) is 9.69 Å². The summed E-state index contributed by atoms with van der Waals surface area (Å²) in [5, 5.41) is 0. The average Bonchev–Trinajstić information content (AvgIpc) is 2.39. The van der Waals surface area contributed by atoms with Gasteiger partial charge >= 0.3 is 0 Å². The maximum atomic E-state index is 11.5. The van der Waals surface area contributed by atoms with E-state index in [1.807, 2.05) is 18.2 Å². The predicted octanol–water partition coefficient (Wildman–Crippen LogP) is 1.32. The Morgan fingerprint density at radius 3 is 2.42 bits per heavy atom. The lowest BCUT2D eigenvalue weighted by molar-refractivity contribution is -0.128. The Kier molecular flexibility index (Phi) is 7.15. The molecule has 1 amide bonds. The van der Waals surface area contributed by atoms with Gasteiger partial charge in [0.1, 0.15) is 0 Å². The fourth-order valence-electron chi connectivity index (χ4n) is 1.97. The quantitative estimate of drug-likeness (QED) is 0.769. The molecule has 0 spiro atoms. The molecule has 0 atom stereocenters. The number of carbonyl (C=O) groups excluding carboxylic acids is 1. The van der Waals surface area contributed by atoms with E-state index >= 15 is 0 Å². The fourth-order valence-corrected chi connectivity index (χ4v) is 1.97. The lowest BCUT2D eigenvalue weighted by atomic mass is 10.2. The van der Waals surface area contributed by atoms with Crippen LogP contribution in [-0.4, -0.2) is 49.4 Å². The summed E-state index contributed by atoms with van der Waals surface area (Å²) in [4.78, 5) is 15.5. The van der Waals surface area contributed by atoms with Crippen molar-refractivity contribution < 1.29 is 4.79 Å². The maximum absolute atomic E-state index is 11.5. The largest absolute Gasteiger partial charge is 0.349 e. The highest BCUT2D eigenvalue weighted by Crippen LogP contribution is 2.06. The molecule has 1 rings (SSSR count). The Morgan fingerprint density at radius 2 is 1.84 bits per heavy atom. The number of hydrogen-bond acceptors (Lipinski definition) is 3. The van der Waals surface area contributed by atoms with Crippen molar-refractivity contribution in [1.82, 2.24) is 9.80 Å². The Hall–Kier alpha value is -1.39. The standard InChI is InChI=1S/C15H25N3O/c1-17(2)15(19)9-6-11-18(12-10-16)13-14-7-4-3-5-8-14/h3-5,7-8H,6,9-13,16H2,1-2H3. The van der Waals surface area contributed by atoms with Crippen molar-refractivity contribution in [2.24, 2.45) is 5.73 Å². The summed E-state index contributed by atoms with van der Waals surface area (Å²) in [6.45, 7) is 3.32. The van der Waals surface area contributed by atoms with Gasteiger partial charge in [-0.05, 0) is 18.5 Å². The van der Waals surface area contributed by atoms with E-state index < -0.39 is 0 Å². The predicted molar refractivity (Wildman–Crippen MR) is 78.7 cm³/mol. The molecule has 4 nitrogen and oxygen atoms in total. The normalized spacial score (nSPS) is 10.7. The third-order valence-electron chi connectivity index (χ3n) is 3.06. The van der Waals surface area contributed by atoms with Crippen molar-refractivity contribution in [1.29, 1.82) is 0 Å². The van der Waals surface area contributed by atoms with E-state index in [4.69, 9.17) is 5.73 Å². The van der Waals surface area contributed by atoms with Crippen molar-refractivity contribution >= 4 is 5.91 Å². The highest BCUT2D eigenvalue weighted by atomic mass is 16.2. The molecule has 0 unspecified atom stereocenters. The molecule has 1 aromatic carbocycles. The van der Waals surface area contributed by atoms with E-state index in [0.717, 1.165) is 26.1 Å². The number of hydrogen-bond donors (Lipinski definition) is 1. The Labute approximate surface area is 116 Å². The lowest BCUT2D eigenvalue weighted by Gasteiger charge is -2.22. The van der Waals surface area contributed by atoms with Gasteiger partial charge in [0.05, 0.1) is 0 Å². The Balaban J connectivity index is 2.38. The monoisotopic (exact) mass is 263 g/mol. The summed E-state index contributed by atoms with van der Waals surface area (Å²) in [7, 11) is 3.59. The molecule has 0 bridgehead atoms. The van der Waals surface area contributed by atoms with Gasteiger partial charge in [0.15, 0.2) is 0 Å². The summed E-state index contributed by atoms with van der Waals surface area (Å²) in [6.07, 6.45) is 1.48. The zero-order valence-corrected chi connectivity index (χ0v) is 12.0. The van der Waals surface area contributed by atoms with Gasteiger partial charge in [-0.2, -0.15) is 0 Å². The van der Waals surface area contributed by atoms with Crippen LogP contribution in [-0.2, 0) is 11.3 Å². The van der Waals surface area contributed by atoms with E-state index in [9.17, 15) is 4.79 Å². The molecule has 0 radical (unpaired) electrons. The van der Waals surface area contributed by atoms with Crippen molar-refractivity contribution in [3.8, 4) is 0 Å². The van der Waals surface area contributed by atoms with Gasteiger partial charge in [-0.15, -0.1) is 0 Å². The molecule has 0 aliphatic rings. The SMILES string of the molecule is CN(C)C(=O)CCCN(CCN)Cc1ccccc1. The minimum atomic E-state index is 0.187. The second kappa shape index (κ2) is 8.67. The van der Waals surface area contributed by atoms with Crippen LogP contribution in [0.1, 0.15) is 18.4 Å². The summed E-state index contributed by atoms with van der Waals surface area (Å²) in [5.41, 5.74) is 6.93. The molecule has 0 fully saturated rings. The molecule has 0 saturated heterocycles. The van der Waals surface area contributed by atoms with Gasteiger partial charge in [-0.25, -0.2) is 0 Å². The molecule has 19 heavy (non-hydrogen) atoms. The van der Waals surface area contributed by atoms with Crippen LogP contribution in [0.15, 0.2) is 30.3 Å². The van der Waals surface area contributed by atoms with Crippen molar-refractivity contribution in [3.05, 3.63) is 35.9 Å². The van der Waals surface area contributed by atoms with Crippen LogP contribution in [0.3, 0.4) is 0 Å². The van der Waals surface area contributed by atoms with E-state index in [-0.39, 0.29) is 5.91 Å². The minimum absolute atomic E-state index is 0.187. The number of carbonyl (C=O) groups is 1. The van der Waals surface area contributed by atoms with Crippen LogP contribution < -0.4 is 5.73 Å². The van der Waals surface area contributed by atoms with E-state index in [0.29, 0.717) is 13.0 Å². The topological polar surface area (TPSA) is 49.6 Å². The minimum Gasteiger partial charge on any atom is -0.349 e. The number of amides is 1. The second-order valence-electron chi connectivity index (χ2n) is 4.94. The molecule has 0 saturated carbocycles. The molecule has 0 aliphatic carbocycles. The molecule has 0 aliphatic heterocycles. The first-order valence-electron chi connectivity index (χ1n) is 6.80. The molecule has 106 valence electrons. The van der Waals surface area contributed by atoms with E-state index in [1.165, 1.54) is 5.56 Å². The van der Waals surface area contributed by atoms with Gasteiger partial charge < -0.3 is 10.6 Å². The van der Waals surface area contributed by atoms with Crippen molar-refractivity contribution in [2.45, 2.75) is 19.4 Å².